The number of thioether (sulfide) groups is 1. The van der Waals surface area contributed by atoms with Crippen molar-refractivity contribution in [3.05, 3.63) is 29.3 Å². The van der Waals surface area contributed by atoms with Crippen LogP contribution in [0.1, 0.15) is 45.2 Å². The van der Waals surface area contributed by atoms with Gasteiger partial charge in [0.2, 0.25) is 0 Å². The van der Waals surface area contributed by atoms with Crippen LogP contribution in [-0.4, -0.2) is 30.6 Å². The van der Waals surface area contributed by atoms with E-state index < -0.39 is 0 Å². The summed E-state index contributed by atoms with van der Waals surface area (Å²) in [6.07, 6.45) is 3.37. The largest absolute Gasteiger partial charge is 0.371 e. The molecule has 0 bridgehead atoms. The lowest BCUT2D eigenvalue weighted by molar-refractivity contribution is 0.424. The highest BCUT2D eigenvalue weighted by atomic mass is 32.2. The van der Waals surface area contributed by atoms with Gasteiger partial charge in [-0.05, 0) is 57.6 Å². The number of hydrogen-bond donors (Lipinski definition) is 1. The predicted molar refractivity (Wildman–Crippen MR) is 98.6 cm³/mol. The van der Waals surface area contributed by atoms with Crippen molar-refractivity contribution in [1.82, 2.24) is 5.32 Å². The number of nitrogens with zero attached hydrogens (tertiary/aromatic N) is 1. The van der Waals surface area contributed by atoms with Gasteiger partial charge in [-0.2, -0.15) is 11.8 Å². The first-order chi connectivity index (χ1) is 9.78. The minimum Gasteiger partial charge on any atom is -0.371 e. The van der Waals surface area contributed by atoms with E-state index in [1.54, 1.807) is 0 Å². The maximum Gasteiger partial charge on any atom is 0.0396 e. The Hall–Kier alpha value is -0.670. The standard InChI is InChI=1S/C18H32N2S/c1-8-16(13-21-7)20(6)17-10-9-15(11-14(17)2)12-19-18(3,4)5/h9-11,16,19H,8,12-13H2,1-7H3. The van der Waals surface area contributed by atoms with Crippen LogP contribution in [0.5, 0.6) is 0 Å². The van der Waals surface area contributed by atoms with E-state index >= 15 is 0 Å². The van der Waals surface area contributed by atoms with Crippen molar-refractivity contribution in [2.75, 3.05) is 24.0 Å². The zero-order valence-corrected chi connectivity index (χ0v) is 15.6. The topological polar surface area (TPSA) is 15.3 Å². The number of hydrogen-bond acceptors (Lipinski definition) is 3. The molecule has 0 aliphatic carbocycles. The molecule has 1 aromatic rings. The first kappa shape index (κ1) is 18.4. The average Bonchev–Trinajstić information content (AvgIpc) is 2.41. The zero-order valence-electron chi connectivity index (χ0n) is 14.8. The third kappa shape index (κ3) is 5.91. The molecule has 1 unspecified atom stereocenters. The molecule has 3 heteroatoms. The van der Waals surface area contributed by atoms with Crippen LogP contribution in [0.3, 0.4) is 0 Å². The minimum atomic E-state index is 0.162. The van der Waals surface area contributed by atoms with Crippen molar-refractivity contribution >= 4 is 17.4 Å². The fraction of sp³-hybridized carbons (Fsp3) is 0.667. The first-order valence-electron chi connectivity index (χ1n) is 7.84. The van der Waals surface area contributed by atoms with E-state index in [1.807, 2.05) is 11.8 Å². The van der Waals surface area contributed by atoms with Crippen LogP contribution in [0.15, 0.2) is 18.2 Å². The quantitative estimate of drug-likeness (QED) is 0.800. The fourth-order valence-electron chi connectivity index (χ4n) is 2.48. The van der Waals surface area contributed by atoms with Crippen LogP contribution in [0.25, 0.3) is 0 Å². The first-order valence-corrected chi connectivity index (χ1v) is 9.24. The van der Waals surface area contributed by atoms with Gasteiger partial charge in [-0.3, -0.25) is 0 Å². The van der Waals surface area contributed by atoms with Gasteiger partial charge in [0, 0.05) is 36.6 Å². The normalized spacial score (nSPS) is 13.3. The zero-order chi connectivity index (χ0) is 16.0. The maximum absolute atomic E-state index is 3.55. The van der Waals surface area contributed by atoms with Crippen molar-refractivity contribution in [2.45, 2.75) is 59.2 Å². The highest BCUT2D eigenvalue weighted by Crippen LogP contribution is 2.24. The molecule has 0 aliphatic heterocycles. The van der Waals surface area contributed by atoms with Crippen LogP contribution in [0.2, 0.25) is 0 Å². The Morgan fingerprint density at radius 3 is 2.43 bits per heavy atom. The summed E-state index contributed by atoms with van der Waals surface area (Å²) in [6, 6.07) is 7.45. The Morgan fingerprint density at radius 2 is 1.95 bits per heavy atom. The molecule has 21 heavy (non-hydrogen) atoms. The van der Waals surface area contributed by atoms with Gasteiger partial charge in [-0.1, -0.05) is 19.1 Å². The molecule has 1 aromatic carbocycles. The molecule has 1 N–H and O–H groups in total. The number of anilines is 1. The lowest BCUT2D eigenvalue weighted by Crippen LogP contribution is -2.35. The van der Waals surface area contributed by atoms with Crippen molar-refractivity contribution in [3.63, 3.8) is 0 Å². The van der Waals surface area contributed by atoms with Crippen LogP contribution < -0.4 is 10.2 Å². The summed E-state index contributed by atoms with van der Waals surface area (Å²) in [5, 5.41) is 3.55. The molecule has 0 spiro atoms. The second-order valence-corrected chi connectivity index (χ2v) is 7.76. The Labute approximate surface area is 135 Å². The molecule has 0 saturated carbocycles. The van der Waals surface area contributed by atoms with Crippen LogP contribution in [0, 0.1) is 6.92 Å². The van der Waals surface area contributed by atoms with Gasteiger partial charge in [0.05, 0.1) is 0 Å². The minimum absolute atomic E-state index is 0.162. The van der Waals surface area contributed by atoms with Gasteiger partial charge < -0.3 is 10.2 Å². The molecular formula is C18H32N2S. The number of nitrogens with one attached hydrogen (secondary N) is 1. The van der Waals surface area contributed by atoms with E-state index in [4.69, 9.17) is 0 Å². The third-order valence-corrected chi connectivity index (χ3v) is 4.56. The fourth-order valence-corrected chi connectivity index (χ4v) is 3.33. The number of aryl methyl sites for hydroxylation is 1. The van der Waals surface area contributed by atoms with Gasteiger partial charge in [0.25, 0.3) is 0 Å². The lowest BCUT2D eigenvalue weighted by Gasteiger charge is -2.30. The van der Waals surface area contributed by atoms with Crippen molar-refractivity contribution in [1.29, 1.82) is 0 Å². The molecule has 0 amide bonds. The van der Waals surface area contributed by atoms with Crippen molar-refractivity contribution in [2.24, 2.45) is 0 Å². The van der Waals surface area contributed by atoms with Gasteiger partial charge in [-0.15, -0.1) is 0 Å². The van der Waals surface area contributed by atoms with E-state index in [2.05, 4.69) is 76.3 Å². The van der Waals surface area contributed by atoms with Gasteiger partial charge in [-0.25, -0.2) is 0 Å². The van der Waals surface area contributed by atoms with E-state index in [1.165, 1.54) is 29.0 Å². The number of rotatable bonds is 7. The Balaban J connectivity index is 2.82. The Kier molecular flexibility index (Phi) is 7.08. The summed E-state index contributed by atoms with van der Waals surface area (Å²) in [5.41, 5.74) is 4.24. The van der Waals surface area contributed by atoms with Crippen LogP contribution >= 0.6 is 11.8 Å². The molecule has 120 valence electrons. The van der Waals surface area contributed by atoms with E-state index in [-0.39, 0.29) is 5.54 Å². The highest BCUT2D eigenvalue weighted by Gasteiger charge is 2.15. The predicted octanol–water partition coefficient (Wildman–Crippen LogP) is 4.46. The summed E-state index contributed by atoms with van der Waals surface area (Å²) >= 11 is 1.93. The molecule has 0 saturated heterocycles. The lowest BCUT2D eigenvalue weighted by atomic mass is 10.1. The average molecular weight is 309 g/mol. The molecule has 0 fully saturated rings. The Bertz CT molecular complexity index is 437. The monoisotopic (exact) mass is 308 g/mol. The molecule has 1 rings (SSSR count). The number of benzene rings is 1. The SMILES string of the molecule is CCC(CSC)N(C)c1ccc(CNC(C)(C)C)cc1C. The van der Waals surface area contributed by atoms with Gasteiger partial charge in [0.1, 0.15) is 0 Å². The summed E-state index contributed by atoms with van der Waals surface area (Å²) < 4.78 is 0. The van der Waals surface area contributed by atoms with E-state index in [0.717, 1.165) is 6.54 Å². The molecular weight excluding hydrogens is 276 g/mol. The summed E-state index contributed by atoms with van der Waals surface area (Å²) in [7, 11) is 2.22. The second kappa shape index (κ2) is 8.09. The van der Waals surface area contributed by atoms with Crippen LogP contribution in [-0.2, 0) is 6.54 Å². The molecule has 0 radical (unpaired) electrons. The Morgan fingerprint density at radius 1 is 1.29 bits per heavy atom. The second-order valence-electron chi connectivity index (χ2n) is 6.85. The summed E-state index contributed by atoms with van der Waals surface area (Å²) in [6.45, 7) is 12.0. The maximum atomic E-state index is 3.55. The molecule has 0 heterocycles. The van der Waals surface area contributed by atoms with Crippen LogP contribution in [0.4, 0.5) is 5.69 Å². The molecule has 1 atom stereocenters. The molecule has 0 aromatic heterocycles. The smallest absolute Gasteiger partial charge is 0.0396 e. The molecule has 0 aliphatic rings. The summed E-state index contributed by atoms with van der Waals surface area (Å²) in [4.78, 5) is 2.44. The summed E-state index contributed by atoms with van der Waals surface area (Å²) in [5.74, 6) is 1.18. The van der Waals surface area contributed by atoms with Gasteiger partial charge >= 0.3 is 0 Å². The van der Waals surface area contributed by atoms with E-state index in [0.29, 0.717) is 6.04 Å². The van der Waals surface area contributed by atoms with Gasteiger partial charge in [0.15, 0.2) is 0 Å². The highest BCUT2D eigenvalue weighted by molar-refractivity contribution is 7.98. The van der Waals surface area contributed by atoms with Crippen molar-refractivity contribution in [3.8, 4) is 0 Å². The third-order valence-electron chi connectivity index (χ3n) is 3.84. The molecule has 2 nitrogen and oxygen atoms in total. The van der Waals surface area contributed by atoms with Crippen molar-refractivity contribution < 1.29 is 0 Å². The van der Waals surface area contributed by atoms with E-state index in [9.17, 15) is 0 Å².